The van der Waals surface area contributed by atoms with Crippen LogP contribution in [-0.2, 0) is 0 Å². The quantitative estimate of drug-likeness (QED) is 0.648. The van der Waals surface area contributed by atoms with E-state index in [1.54, 1.807) is 24.0 Å². The van der Waals surface area contributed by atoms with Gasteiger partial charge in [0.2, 0.25) is 0 Å². The van der Waals surface area contributed by atoms with Gasteiger partial charge in [0.1, 0.15) is 0 Å². The van der Waals surface area contributed by atoms with Gasteiger partial charge in [-0.15, -0.1) is 17.5 Å². The zero-order chi connectivity index (χ0) is 17.3. The number of nitrogens with zero attached hydrogens (tertiary/aromatic N) is 5. The van der Waals surface area contributed by atoms with Crippen molar-refractivity contribution in [2.75, 3.05) is 13.1 Å². The fourth-order valence-electron chi connectivity index (χ4n) is 2.76. The van der Waals surface area contributed by atoms with Crippen molar-refractivity contribution >= 4 is 24.0 Å². The smallest absolute Gasteiger partial charge is 0.276 e. The average Bonchev–Trinajstić information content (AvgIpc) is 2.96. The van der Waals surface area contributed by atoms with E-state index in [1.165, 1.54) is 16.8 Å². The standard InChI is InChI=1S/C15H18N6O3.ClH/c1-10-14(15(22)19-7-5-11(16)6-8-19)17-18-20(10)12-3-2-4-13(9-12)21(23)24;/h2-4,9,11H,5-8,16H2,1H3;1H. The highest BCUT2D eigenvalue weighted by atomic mass is 35.5. The van der Waals surface area contributed by atoms with Crippen molar-refractivity contribution in [1.29, 1.82) is 0 Å². The summed E-state index contributed by atoms with van der Waals surface area (Å²) in [5.41, 5.74) is 7.12. The van der Waals surface area contributed by atoms with Gasteiger partial charge in [-0.2, -0.15) is 0 Å². The third-order valence-corrected chi connectivity index (χ3v) is 4.21. The largest absolute Gasteiger partial charge is 0.337 e. The second kappa shape index (κ2) is 7.58. The van der Waals surface area contributed by atoms with Crippen LogP contribution < -0.4 is 5.73 Å². The summed E-state index contributed by atoms with van der Waals surface area (Å²) in [5, 5.41) is 18.9. The molecule has 25 heavy (non-hydrogen) atoms. The number of nitro benzene ring substituents is 1. The van der Waals surface area contributed by atoms with Crippen molar-refractivity contribution in [3.05, 3.63) is 45.8 Å². The van der Waals surface area contributed by atoms with Crippen LogP contribution in [0, 0.1) is 17.0 Å². The molecule has 10 heteroatoms. The van der Waals surface area contributed by atoms with Crippen LogP contribution in [0.2, 0.25) is 0 Å². The number of aromatic nitrogens is 3. The monoisotopic (exact) mass is 366 g/mol. The van der Waals surface area contributed by atoms with Crippen molar-refractivity contribution in [3.63, 3.8) is 0 Å². The van der Waals surface area contributed by atoms with Crippen LogP contribution in [0.1, 0.15) is 29.0 Å². The van der Waals surface area contributed by atoms with Gasteiger partial charge in [0.25, 0.3) is 11.6 Å². The molecule has 0 saturated carbocycles. The lowest BCUT2D eigenvalue weighted by Gasteiger charge is -2.29. The fraction of sp³-hybridized carbons (Fsp3) is 0.400. The van der Waals surface area contributed by atoms with Crippen LogP contribution in [0.5, 0.6) is 0 Å². The van der Waals surface area contributed by atoms with E-state index in [0.29, 0.717) is 24.5 Å². The van der Waals surface area contributed by atoms with Gasteiger partial charge in [0.05, 0.1) is 16.3 Å². The van der Waals surface area contributed by atoms with E-state index in [4.69, 9.17) is 5.73 Å². The number of hydrogen-bond acceptors (Lipinski definition) is 6. The molecule has 1 fully saturated rings. The Bertz CT molecular complexity index is 785. The number of benzene rings is 1. The van der Waals surface area contributed by atoms with Crippen LogP contribution in [0.4, 0.5) is 5.69 Å². The molecule has 0 spiro atoms. The molecule has 1 aromatic carbocycles. The average molecular weight is 367 g/mol. The first-order chi connectivity index (χ1) is 11.5. The summed E-state index contributed by atoms with van der Waals surface area (Å²) >= 11 is 0. The summed E-state index contributed by atoms with van der Waals surface area (Å²) in [6.07, 6.45) is 1.54. The molecule has 134 valence electrons. The highest BCUT2D eigenvalue weighted by molar-refractivity contribution is 5.93. The Morgan fingerprint density at radius 1 is 1.36 bits per heavy atom. The van der Waals surface area contributed by atoms with Gasteiger partial charge in [-0.1, -0.05) is 11.3 Å². The highest BCUT2D eigenvalue weighted by Gasteiger charge is 2.26. The number of nitro groups is 1. The summed E-state index contributed by atoms with van der Waals surface area (Å²) in [7, 11) is 0. The number of piperidine rings is 1. The second-order valence-electron chi connectivity index (χ2n) is 5.84. The Kier molecular flexibility index (Phi) is 5.70. The lowest BCUT2D eigenvalue weighted by Crippen LogP contribution is -2.43. The molecule has 2 aromatic rings. The predicted molar refractivity (Wildman–Crippen MR) is 93.1 cm³/mol. The first-order valence-corrected chi connectivity index (χ1v) is 7.69. The Hall–Kier alpha value is -2.52. The molecule has 1 aliphatic heterocycles. The van der Waals surface area contributed by atoms with E-state index in [1.807, 2.05) is 0 Å². The maximum Gasteiger partial charge on any atom is 0.276 e. The number of carbonyl (C=O) groups is 1. The van der Waals surface area contributed by atoms with Crippen molar-refractivity contribution in [2.45, 2.75) is 25.8 Å². The van der Waals surface area contributed by atoms with E-state index >= 15 is 0 Å². The number of hydrogen-bond donors (Lipinski definition) is 1. The minimum atomic E-state index is -0.473. The number of amides is 1. The van der Waals surface area contributed by atoms with Gasteiger partial charge in [0.15, 0.2) is 5.69 Å². The number of likely N-dealkylation sites (tertiary alicyclic amines) is 1. The van der Waals surface area contributed by atoms with Gasteiger partial charge in [-0.3, -0.25) is 14.9 Å². The minimum Gasteiger partial charge on any atom is -0.337 e. The molecule has 2 heterocycles. The molecule has 1 amide bonds. The summed E-state index contributed by atoms with van der Waals surface area (Å²) in [6, 6.07) is 6.19. The first-order valence-electron chi connectivity index (χ1n) is 7.69. The second-order valence-corrected chi connectivity index (χ2v) is 5.84. The molecule has 0 radical (unpaired) electrons. The molecule has 1 saturated heterocycles. The molecule has 0 aliphatic carbocycles. The van der Waals surface area contributed by atoms with Crippen molar-refractivity contribution in [3.8, 4) is 5.69 Å². The summed E-state index contributed by atoms with van der Waals surface area (Å²) < 4.78 is 1.44. The number of halogens is 1. The van der Waals surface area contributed by atoms with Gasteiger partial charge >= 0.3 is 0 Å². The van der Waals surface area contributed by atoms with E-state index in [-0.39, 0.29) is 35.7 Å². The maximum absolute atomic E-state index is 12.6. The van der Waals surface area contributed by atoms with Gasteiger partial charge in [-0.05, 0) is 25.8 Å². The molecule has 1 aliphatic rings. The van der Waals surface area contributed by atoms with Crippen LogP contribution in [0.15, 0.2) is 24.3 Å². The summed E-state index contributed by atoms with van der Waals surface area (Å²) in [6.45, 7) is 2.92. The van der Waals surface area contributed by atoms with Crippen LogP contribution in [-0.4, -0.2) is 49.9 Å². The van der Waals surface area contributed by atoms with Gasteiger partial charge in [-0.25, -0.2) is 4.68 Å². The molecule has 0 bridgehead atoms. The number of carbonyl (C=O) groups excluding carboxylic acids is 1. The number of rotatable bonds is 3. The zero-order valence-corrected chi connectivity index (χ0v) is 14.5. The third-order valence-electron chi connectivity index (χ3n) is 4.21. The first kappa shape index (κ1) is 18.8. The maximum atomic E-state index is 12.6. The Balaban J connectivity index is 0.00000225. The summed E-state index contributed by atoms with van der Waals surface area (Å²) in [5.74, 6) is -0.184. The molecule has 0 atom stereocenters. The molecular formula is C15H19ClN6O3. The molecule has 3 rings (SSSR count). The fourth-order valence-corrected chi connectivity index (χ4v) is 2.76. The molecule has 9 nitrogen and oxygen atoms in total. The molecule has 2 N–H and O–H groups in total. The number of non-ortho nitro benzene ring substituents is 1. The molecule has 0 unspecified atom stereocenters. The van der Waals surface area contributed by atoms with E-state index < -0.39 is 4.92 Å². The SMILES string of the molecule is Cc1c(C(=O)N2CCC(N)CC2)nnn1-c1cccc([N+](=O)[O-])c1.Cl. The highest BCUT2D eigenvalue weighted by Crippen LogP contribution is 2.20. The Morgan fingerprint density at radius 3 is 2.68 bits per heavy atom. The predicted octanol–water partition coefficient (Wildman–Crippen LogP) is 1.47. The van der Waals surface area contributed by atoms with Crippen molar-refractivity contribution < 1.29 is 9.72 Å². The van der Waals surface area contributed by atoms with Crippen LogP contribution in [0.25, 0.3) is 5.69 Å². The summed E-state index contributed by atoms with van der Waals surface area (Å²) in [4.78, 5) is 24.8. The van der Waals surface area contributed by atoms with Crippen molar-refractivity contribution in [1.82, 2.24) is 19.9 Å². The van der Waals surface area contributed by atoms with Crippen LogP contribution in [0.3, 0.4) is 0 Å². The van der Waals surface area contributed by atoms with E-state index in [2.05, 4.69) is 10.3 Å². The van der Waals surface area contributed by atoms with E-state index in [9.17, 15) is 14.9 Å². The van der Waals surface area contributed by atoms with Crippen molar-refractivity contribution in [2.24, 2.45) is 5.73 Å². The Labute approximate surface area is 150 Å². The van der Waals surface area contributed by atoms with Gasteiger partial charge in [0, 0.05) is 31.3 Å². The molecular weight excluding hydrogens is 348 g/mol. The lowest BCUT2D eigenvalue weighted by molar-refractivity contribution is -0.384. The lowest BCUT2D eigenvalue weighted by atomic mass is 10.1. The third kappa shape index (κ3) is 3.77. The minimum absolute atomic E-state index is 0. The van der Waals surface area contributed by atoms with Crippen LogP contribution >= 0.6 is 12.4 Å². The normalized spacial score (nSPS) is 14.9. The van der Waals surface area contributed by atoms with Gasteiger partial charge < -0.3 is 10.6 Å². The Morgan fingerprint density at radius 2 is 2.04 bits per heavy atom. The van der Waals surface area contributed by atoms with E-state index in [0.717, 1.165) is 12.8 Å². The number of nitrogens with two attached hydrogens (primary N) is 1. The topological polar surface area (TPSA) is 120 Å². The zero-order valence-electron chi connectivity index (χ0n) is 13.7. The molecule has 1 aromatic heterocycles.